The van der Waals surface area contributed by atoms with Crippen LogP contribution in [0.25, 0.3) is 16.7 Å². The molecule has 0 saturated carbocycles. The first-order valence-electron chi connectivity index (χ1n) is 8.51. The third-order valence-corrected chi connectivity index (χ3v) is 8.08. The molecule has 0 aliphatic carbocycles. The molecule has 4 heteroatoms. The van der Waals surface area contributed by atoms with Crippen LogP contribution < -0.4 is 15.9 Å². The third-order valence-electron chi connectivity index (χ3n) is 4.96. The molecule has 5 rings (SSSR count). The molecule has 3 aromatic carbocycles. The topological polar surface area (TPSA) is 34.9 Å². The molecule has 1 aliphatic rings. The van der Waals surface area contributed by atoms with Gasteiger partial charge >= 0.3 is 0 Å². The van der Waals surface area contributed by atoms with Crippen molar-refractivity contribution in [2.24, 2.45) is 0 Å². The van der Waals surface area contributed by atoms with Crippen molar-refractivity contribution in [3.05, 3.63) is 78.6 Å². The molecule has 3 nitrogen and oxygen atoms in total. The summed E-state index contributed by atoms with van der Waals surface area (Å²) in [7, 11) is -2.92. The minimum atomic E-state index is -2.92. The van der Waals surface area contributed by atoms with Gasteiger partial charge in [0.05, 0.1) is 16.7 Å². The second-order valence-corrected chi connectivity index (χ2v) is 8.99. The lowest BCUT2D eigenvalue weighted by molar-refractivity contribution is 0.592. The van der Waals surface area contributed by atoms with Crippen LogP contribution in [0.4, 0.5) is 0 Å². The number of aryl methyl sites for hydroxylation is 1. The van der Waals surface area contributed by atoms with Gasteiger partial charge in [0.25, 0.3) is 0 Å². The van der Waals surface area contributed by atoms with E-state index in [1.807, 2.05) is 66.7 Å². The molecular formula is C21H17N2OP. The first kappa shape index (κ1) is 14.7. The number of imidazole rings is 1. The van der Waals surface area contributed by atoms with Gasteiger partial charge in [-0.3, -0.25) is 4.57 Å². The first-order valence-corrected chi connectivity index (χ1v) is 10.2. The second-order valence-electron chi connectivity index (χ2n) is 6.30. The van der Waals surface area contributed by atoms with Gasteiger partial charge in [-0.2, -0.15) is 0 Å². The molecular weight excluding hydrogens is 327 g/mol. The molecule has 0 N–H and O–H groups in total. The highest BCUT2D eigenvalue weighted by Gasteiger charge is 2.39. The Labute approximate surface area is 146 Å². The Morgan fingerprint density at radius 3 is 2.40 bits per heavy atom. The fraction of sp³-hybridized carbons (Fsp3) is 0.0952. The van der Waals surface area contributed by atoms with E-state index in [4.69, 9.17) is 4.98 Å². The molecule has 1 aliphatic heterocycles. The summed E-state index contributed by atoms with van der Waals surface area (Å²) in [5.74, 6) is 1.01. The summed E-state index contributed by atoms with van der Waals surface area (Å²) >= 11 is 0. The largest absolute Gasteiger partial charge is 0.308 e. The van der Waals surface area contributed by atoms with Gasteiger partial charge in [0.1, 0.15) is 5.82 Å². The summed E-state index contributed by atoms with van der Waals surface area (Å²) in [6.07, 6.45) is 0.831. The van der Waals surface area contributed by atoms with E-state index >= 15 is 0 Å². The number of hydrogen-bond acceptors (Lipinski definition) is 2. The molecule has 0 radical (unpaired) electrons. The van der Waals surface area contributed by atoms with Gasteiger partial charge in [-0.15, -0.1) is 0 Å². The Kier molecular flexibility index (Phi) is 3.04. The van der Waals surface area contributed by atoms with E-state index < -0.39 is 7.14 Å². The van der Waals surface area contributed by atoms with Crippen LogP contribution in [0.3, 0.4) is 0 Å². The van der Waals surface area contributed by atoms with Crippen LogP contribution in [-0.2, 0) is 11.0 Å². The van der Waals surface area contributed by atoms with Crippen LogP contribution in [-0.4, -0.2) is 9.55 Å². The lowest BCUT2D eigenvalue weighted by Crippen LogP contribution is -2.33. The maximum absolute atomic E-state index is 14.5. The van der Waals surface area contributed by atoms with Crippen molar-refractivity contribution < 1.29 is 4.57 Å². The highest BCUT2D eigenvalue weighted by molar-refractivity contribution is 7.86. The van der Waals surface area contributed by atoms with Crippen molar-refractivity contribution in [2.45, 2.75) is 13.3 Å². The molecule has 0 saturated heterocycles. The fourth-order valence-electron chi connectivity index (χ4n) is 3.87. The van der Waals surface area contributed by atoms with Gasteiger partial charge < -0.3 is 4.57 Å². The summed E-state index contributed by atoms with van der Waals surface area (Å²) in [5.41, 5.74) is 2.90. The lowest BCUT2D eigenvalue weighted by atomic mass is 10.2. The molecule has 2 heterocycles. The Hall–Kier alpha value is -2.64. The first-order chi connectivity index (χ1) is 12.2. The zero-order valence-electron chi connectivity index (χ0n) is 13.9. The number of fused-ring (bicyclic) bond motifs is 2. The number of aromatic nitrogens is 2. The molecule has 1 unspecified atom stereocenters. The fourth-order valence-corrected chi connectivity index (χ4v) is 6.88. The van der Waals surface area contributed by atoms with Gasteiger partial charge in [0.2, 0.25) is 0 Å². The Bertz CT molecular complexity index is 1160. The smallest absolute Gasteiger partial charge is 0.175 e. The molecule has 0 spiro atoms. The Morgan fingerprint density at radius 2 is 1.60 bits per heavy atom. The maximum atomic E-state index is 14.5. The minimum Gasteiger partial charge on any atom is -0.308 e. The summed E-state index contributed by atoms with van der Waals surface area (Å²) in [6, 6.07) is 23.9. The van der Waals surface area contributed by atoms with E-state index in [1.54, 1.807) is 0 Å². The highest BCUT2D eigenvalue weighted by Crippen LogP contribution is 2.49. The number of benzene rings is 3. The van der Waals surface area contributed by atoms with Gasteiger partial charge in [0, 0.05) is 22.3 Å². The van der Waals surface area contributed by atoms with Crippen molar-refractivity contribution in [1.29, 1.82) is 0 Å². The average Bonchev–Trinajstić information content (AvgIpc) is 3.06. The van der Waals surface area contributed by atoms with Crippen molar-refractivity contribution >= 4 is 34.1 Å². The molecule has 25 heavy (non-hydrogen) atoms. The van der Waals surface area contributed by atoms with E-state index in [1.165, 1.54) is 0 Å². The molecule has 0 amide bonds. The predicted molar refractivity (Wildman–Crippen MR) is 103 cm³/mol. The zero-order valence-corrected chi connectivity index (χ0v) is 14.8. The third kappa shape index (κ3) is 1.82. The number of para-hydroxylation sites is 2. The monoisotopic (exact) mass is 344 g/mol. The lowest BCUT2D eigenvalue weighted by Gasteiger charge is -2.28. The SMILES string of the molecule is CCc1nc2cccc3c2n1-c1ccccc1P3(=O)c1ccccc1. The van der Waals surface area contributed by atoms with Crippen molar-refractivity contribution in [1.82, 2.24) is 9.55 Å². The van der Waals surface area contributed by atoms with Crippen LogP contribution in [0.2, 0.25) is 0 Å². The van der Waals surface area contributed by atoms with Crippen molar-refractivity contribution in [3.8, 4) is 5.69 Å². The van der Waals surface area contributed by atoms with Crippen LogP contribution in [0.1, 0.15) is 12.7 Å². The van der Waals surface area contributed by atoms with Gasteiger partial charge in [-0.1, -0.05) is 55.5 Å². The highest BCUT2D eigenvalue weighted by atomic mass is 31.2. The molecule has 1 aromatic heterocycles. The van der Waals surface area contributed by atoms with E-state index in [2.05, 4.69) is 17.6 Å². The number of hydrogen-bond donors (Lipinski definition) is 0. The summed E-state index contributed by atoms with van der Waals surface area (Å²) in [4.78, 5) is 4.80. The van der Waals surface area contributed by atoms with E-state index in [0.29, 0.717) is 0 Å². The normalized spacial score (nSPS) is 18.3. The van der Waals surface area contributed by atoms with Gasteiger partial charge in [-0.05, 0) is 24.3 Å². The number of rotatable bonds is 2. The summed E-state index contributed by atoms with van der Waals surface area (Å²) in [6.45, 7) is 2.11. The molecule has 4 aromatic rings. The summed E-state index contributed by atoms with van der Waals surface area (Å²) < 4.78 is 16.7. The van der Waals surface area contributed by atoms with E-state index in [0.717, 1.165) is 44.9 Å². The molecule has 1 atom stereocenters. The zero-order chi connectivity index (χ0) is 17.0. The van der Waals surface area contributed by atoms with Crippen LogP contribution in [0.5, 0.6) is 0 Å². The quantitative estimate of drug-likeness (QED) is 0.459. The summed E-state index contributed by atoms with van der Waals surface area (Å²) in [5, 5.41) is 2.66. The average molecular weight is 344 g/mol. The Morgan fingerprint density at radius 1 is 0.880 bits per heavy atom. The van der Waals surface area contributed by atoms with Crippen LogP contribution in [0, 0.1) is 0 Å². The van der Waals surface area contributed by atoms with Crippen molar-refractivity contribution in [3.63, 3.8) is 0 Å². The standard InChI is InChI=1S/C21H17N2OP/c1-2-20-22-16-11-8-14-19-21(16)23(20)17-12-6-7-13-18(17)25(19,24)15-9-4-3-5-10-15/h3-14H,2H2,1H3. The van der Waals surface area contributed by atoms with Gasteiger partial charge in [0.15, 0.2) is 7.14 Å². The second kappa shape index (κ2) is 5.18. The number of nitrogens with zero attached hydrogens (tertiary/aromatic N) is 2. The van der Waals surface area contributed by atoms with Crippen LogP contribution >= 0.6 is 7.14 Å². The minimum absolute atomic E-state index is 0.831. The predicted octanol–water partition coefficient (Wildman–Crippen LogP) is 3.54. The molecule has 122 valence electrons. The van der Waals surface area contributed by atoms with E-state index in [9.17, 15) is 4.57 Å². The van der Waals surface area contributed by atoms with Crippen molar-refractivity contribution in [2.75, 3.05) is 0 Å². The van der Waals surface area contributed by atoms with Crippen LogP contribution in [0.15, 0.2) is 72.8 Å². The molecule has 0 fully saturated rings. The maximum Gasteiger partial charge on any atom is 0.175 e. The van der Waals surface area contributed by atoms with E-state index in [-0.39, 0.29) is 0 Å². The molecule has 0 bridgehead atoms. The Balaban J connectivity index is 2.02. The van der Waals surface area contributed by atoms with Gasteiger partial charge in [-0.25, -0.2) is 4.98 Å².